The molecule has 0 aromatic heterocycles. The molecule has 0 aliphatic rings. The zero-order chi connectivity index (χ0) is 17.0. The predicted octanol–water partition coefficient (Wildman–Crippen LogP) is 3.72. The van der Waals surface area contributed by atoms with Crippen molar-refractivity contribution in [3.8, 4) is 5.75 Å². The fourth-order valence-corrected chi connectivity index (χ4v) is 2.18. The van der Waals surface area contributed by atoms with Gasteiger partial charge in [-0.15, -0.1) is 0 Å². The fraction of sp³-hybridized carbons (Fsp3) is 0.278. The molecule has 2 aromatic carbocycles. The fourth-order valence-electron chi connectivity index (χ4n) is 2.18. The van der Waals surface area contributed by atoms with Gasteiger partial charge in [0.15, 0.2) is 6.61 Å². The summed E-state index contributed by atoms with van der Waals surface area (Å²) in [5, 5.41) is 2.46. The lowest BCUT2D eigenvalue weighted by Crippen LogP contribution is -2.22. The minimum atomic E-state index is -0.539. The van der Waals surface area contributed by atoms with Crippen molar-refractivity contribution in [1.82, 2.24) is 0 Å². The van der Waals surface area contributed by atoms with Gasteiger partial charge < -0.3 is 15.8 Å². The number of carbonyl (C=O) groups excluding carboxylic acids is 1. The number of ether oxygens (including phenoxy) is 1. The number of halogens is 1. The van der Waals surface area contributed by atoms with E-state index in [1.54, 1.807) is 0 Å². The van der Waals surface area contributed by atoms with Crippen molar-refractivity contribution in [2.24, 2.45) is 0 Å². The summed E-state index contributed by atoms with van der Waals surface area (Å²) in [4.78, 5) is 12.0. The van der Waals surface area contributed by atoms with Gasteiger partial charge in [0.1, 0.15) is 11.6 Å². The molecule has 122 valence electrons. The molecule has 0 saturated carbocycles. The van der Waals surface area contributed by atoms with E-state index >= 15 is 0 Å². The number of nitrogens with two attached hydrogens (primary N) is 1. The number of benzene rings is 2. The highest BCUT2D eigenvalue weighted by Gasteiger charge is 2.19. The van der Waals surface area contributed by atoms with E-state index in [4.69, 9.17) is 10.5 Å². The largest absolute Gasteiger partial charge is 0.483 e. The van der Waals surface area contributed by atoms with Gasteiger partial charge in [-0.05, 0) is 35.2 Å². The maximum absolute atomic E-state index is 13.6. The quantitative estimate of drug-likeness (QED) is 0.845. The summed E-state index contributed by atoms with van der Waals surface area (Å²) in [5.74, 6) is -0.343. The van der Waals surface area contributed by atoms with Crippen LogP contribution in [0, 0.1) is 5.82 Å². The molecule has 0 spiro atoms. The number of amides is 1. The number of anilines is 2. The first-order chi connectivity index (χ1) is 10.8. The van der Waals surface area contributed by atoms with Crippen LogP contribution in [-0.2, 0) is 10.2 Å². The van der Waals surface area contributed by atoms with Crippen LogP contribution in [0.15, 0.2) is 42.5 Å². The van der Waals surface area contributed by atoms with Crippen LogP contribution in [0.25, 0.3) is 0 Å². The van der Waals surface area contributed by atoms with E-state index in [-0.39, 0.29) is 17.7 Å². The van der Waals surface area contributed by atoms with Crippen LogP contribution in [0.2, 0.25) is 0 Å². The second-order valence-electron chi connectivity index (χ2n) is 6.32. The van der Waals surface area contributed by atoms with Crippen molar-refractivity contribution in [2.45, 2.75) is 26.2 Å². The average molecular weight is 316 g/mol. The Balaban J connectivity index is 2.04. The monoisotopic (exact) mass is 316 g/mol. The van der Waals surface area contributed by atoms with Gasteiger partial charge in [-0.1, -0.05) is 39.0 Å². The summed E-state index contributed by atoms with van der Waals surface area (Å²) in [7, 11) is 0. The Morgan fingerprint density at radius 2 is 1.91 bits per heavy atom. The molecule has 0 heterocycles. The van der Waals surface area contributed by atoms with Crippen molar-refractivity contribution in [2.75, 3.05) is 17.7 Å². The van der Waals surface area contributed by atoms with Gasteiger partial charge in [0.2, 0.25) is 0 Å². The Morgan fingerprint density at radius 1 is 1.22 bits per heavy atom. The molecule has 0 radical (unpaired) electrons. The van der Waals surface area contributed by atoms with Crippen LogP contribution in [-0.4, -0.2) is 12.5 Å². The maximum Gasteiger partial charge on any atom is 0.262 e. The van der Waals surface area contributed by atoms with E-state index in [9.17, 15) is 9.18 Å². The molecule has 0 atom stereocenters. The van der Waals surface area contributed by atoms with E-state index < -0.39 is 11.7 Å². The first kappa shape index (κ1) is 16.8. The molecule has 0 aliphatic carbocycles. The molecular weight excluding hydrogens is 295 g/mol. The summed E-state index contributed by atoms with van der Waals surface area (Å²) < 4.78 is 19.2. The molecule has 5 heteroatoms. The third-order valence-electron chi connectivity index (χ3n) is 3.32. The van der Waals surface area contributed by atoms with Crippen LogP contribution in [0.5, 0.6) is 5.75 Å². The Kier molecular flexibility index (Phi) is 4.89. The molecular formula is C18H21FN2O2. The summed E-state index contributed by atoms with van der Waals surface area (Å²) >= 11 is 0. The number of hydrogen-bond acceptors (Lipinski definition) is 3. The SMILES string of the molecule is CC(C)(C)c1ccccc1OCC(=O)Nc1cc(N)ccc1F. The molecule has 1 amide bonds. The zero-order valence-electron chi connectivity index (χ0n) is 13.5. The van der Waals surface area contributed by atoms with Crippen molar-refractivity contribution < 1.29 is 13.9 Å². The van der Waals surface area contributed by atoms with E-state index in [1.807, 2.05) is 24.3 Å². The molecule has 0 saturated heterocycles. The lowest BCUT2D eigenvalue weighted by atomic mass is 9.86. The zero-order valence-corrected chi connectivity index (χ0v) is 13.5. The van der Waals surface area contributed by atoms with E-state index in [2.05, 4.69) is 26.1 Å². The number of nitrogen functional groups attached to an aromatic ring is 1. The van der Waals surface area contributed by atoms with Gasteiger partial charge in [0.05, 0.1) is 5.69 Å². The predicted molar refractivity (Wildman–Crippen MR) is 90.1 cm³/mol. The van der Waals surface area contributed by atoms with E-state index in [0.717, 1.165) is 5.56 Å². The number of para-hydroxylation sites is 1. The summed E-state index contributed by atoms with van der Waals surface area (Å²) in [5.41, 5.74) is 6.91. The van der Waals surface area contributed by atoms with Crippen LogP contribution in [0.3, 0.4) is 0 Å². The van der Waals surface area contributed by atoms with Crippen LogP contribution in [0.4, 0.5) is 15.8 Å². The van der Waals surface area contributed by atoms with Crippen molar-refractivity contribution in [3.05, 3.63) is 53.8 Å². The smallest absolute Gasteiger partial charge is 0.262 e. The van der Waals surface area contributed by atoms with Gasteiger partial charge >= 0.3 is 0 Å². The van der Waals surface area contributed by atoms with Gasteiger partial charge in [0, 0.05) is 5.69 Å². The molecule has 0 unspecified atom stereocenters. The molecule has 2 aromatic rings. The van der Waals surface area contributed by atoms with E-state index in [0.29, 0.717) is 11.4 Å². The van der Waals surface area contributed by atoms with Crippen LogP contribution < -0.4 is 15.8 Å². The number of rotatable bonds is 4. The highest BCUT2D eigenvalue weighted by Crippen LogP contribution is 2.30. The summed E-state index contributed by atoms with van der Waals surface area (Å²) in [6.45, 7) is 5.99. The Bertz CT molecular complexity index is 708. The number of carbonyl (C=O) groups is 1. The normalized spacial score (nSPS) is 11.1. The molecule has 0 aliphatic heterocycles. The lowest BCUT2D eigenvalue weighted by molar-refractivity contribution is -0.118. The number of nitrogens with one attached hydrogen (secondary N) is 1. The third-order valence-corrected chi connectivity index (χ3v) is 3.32. The second kappa shape index (κ2) is 6.69. The maximum atomic E-state index is 13.6. The van der Waals surface area contributed by atoms with Gasteiger partial charge in [0.25, 0.3) is 5.91 Å². The molecule has 3 N–H and O–H groups in total. The summed E-state index contributed by atoms with van der Waals surface area (Å²) in [6, 6.07) is 11.6. The Labute approximate surface area is 135 Å². The first-order valence-corrected chi connectivity index (χ1v) is 7.34. The molecule has 2 rings (SSSR count). The van der Waals surface area contributed by atoms with Crippen molar-refractivity contribution in [3.63, 3.8) is 0 Å². The van der Waals surface area contributed by atoms with Gasteiger partial charge in [-0.25, -0.2) is 4.39 Å². The molecule has 0 fully saturated rings. The van der Waals surface area contributed by atoms with Crippen LogP contribution >= 0.6 is 0 Å². The highest BCUT2D eigenvalue weighted by atomic mass is 19.1. The number of hydrogen-bond donors (Lipinski definition) is 2. The Morgan fingerprint density at radius 3 is 2.61 bits per heavy atom. The standard InChI is InChI=1S/C18H21FN2O2/c1-18(2,3)13-6-4-5-7-16(13)23-11-17(22)21-15-10-12(20)8-9-14(15)19/h4-10H,11,20H2,1-3H3,(H,21,22). The van der Waals surface area contributed by atoms with Gasteiger partial charge in [-0.2, -0.15) is 0 Å². The lowest BCUT2D eigenvalue weighted by Gasteiger charge is -2.22. The van der Waals surface area contributed by atoms with Gasteiger partial charge in [-0.3, -0.25) is 4.79 Å². The minimum absolute atomic E-state index is 0.0442. The molecule has 0 bridgehead atoms. The van der Waals surface area contributed by atoms with E-state index in [1.165, 1.54) is 18.2 Å². The first-order valence-electron chi connectivity index (χ1n) is 7.34. The summed E-state index contributed by atoms with van der Waals surface area (Å²) in [6.07, 6.45) is 0. The topological polar surface area (TPSA) is 64.3 Å². The second-order valence-corrected chi connectivity index (χ2v) is 6.32. The molecule has 4 nitrogen and oxygen atoms in total. The highest BCUT2D eigenvalue weighted by molar-refractivity contribution is 5.92. The third kappa shape index (κ3) is 4.45. The minimum Gasteiger partial charge on any atom is -0.483 e. The Hall–Kier alpha value is -2.56. The molecule has 23 heavy (non-hydrogen) atoms. The van der Waals surface area contributed by atoms with Crippen LogP contribution in [0.1, 0.15) is 26.3 Å². The van der Waals surface area contributed by atoms with Crippen molar-refractivity contribution >= 4 is 17.3 Å². The average Bonchev–Trinajstić information content (AvgIpc) is 2.48. The van der Waals surface area contributed by atoms with Crippen molar-refractivity contribution in [1.29, 1.82) is 0 Å².